The molecule has 0 fully saturated rings. The fourth-order valence-corrected chi connectivity index (χ4v) is 3.34. The average molecular weight is 342 g/mol. The van der Waals surface area contributed by atoms with Crippen molar-refractivity contribution in [2.45, 2.75) is 4.90 Å². The Morgan fingerprint density at radius 1 is 1.08 bits per heavy atom. The number of ether oxygens (including phenoxy) is 2. The van der Waals surface area contributed by atoms with Crippen LogP contribution in [0.3, 0.4) is 0 Å². The summed E-state index contributed by atoms with van der Waals surface area (Å²) < 4.78 is 11.0. The first-order valence-corrected chi connectivity index (χ1v) is 8.45. The zero-order chi connectivity index (χ0) is 16.5. The molecule has 0 saturated heterocycles. The maximum absolute atomic E-state index is 12.4. The summed E-state index contributed by atoms with van der Waals surface area (Å²) in [5, 5.41) is 5.62. The van der Waals surface area contributed by atoms with Gasteiger partial charge in [0.2, 0.25) is 5.91 Å². The van der Waals surface area contributed by atoms with E-state index in [1.165, 1.54) is 11.8 Å². The number of nitrogens with one attached hydrogen (secondary N) is 2. The van der Waals surface area contributed by atoms with Crippen LogP contribution in [0.5, 0.6) is 11.5 Å². The summed E-state index contributed by atoms with van der Waals surface area (Å²) >= 11 is 1.46. The molecule has 6 nitrogen and oxygen atoms in total. The van der Waals surface area contributed by atoms with E-state index in [4.69, 9.17) is 9.47 Å². The molecule has 4 rings (SSSR count). The predicted octanol–water partition coefficient (Wildman–Crippen LogP) is 2.75. The summed E-state index contributed by atoms with van der Waals surface area (Å²) in [5.41, 5.74) is 1.78. The normalized spacial score (nSPS) is 15.2. The SMILES string of the molecule is O=C1CSc2ccc(C(=O)Nc3ccc4c(c3)OCCO4)cc2N1. The molecule has 0 bridgehead atoms. The van der Waals surface area contributed by atoms with Crippen LogP contribution in [0.2, 0.25) is 0 Å². The number of fused-ring (bicyclic) bond motifs is 2. The molecule has 2 amide bonds. The number of anilines is 2. The van der Waals surface area contributed by atoms with Crippen molar-refractivity contribution in [1.29, 1.82) is 0 Å². The van der Waals surface area contributed by atoms with E-state index < -0.39 is 0 Å². The number of rotatable bonds is 2. The van der Waals surface area contributed by atoms with E-state index in [1.807, 2.05) is 6.07 Å². The zero-order valence-electron chi connectivity index (χ0n) is 12.6. The van der Waals surface area contributed by atoms with Crippen LogP contribution in [0.1, 0.15) is 10.4 Å². The van der Waals surface area contributed by atoms with Crippen LogP contribution < -0.4 is 20.1 Å². The van der Waals surface area contributed by atoms with E-state index in [1.54, 1.807) is 30.3 Å². The number of hydrogen-bond acceptors (Lipinski definition) is 5. The van der Waals surface area contributed by atoms with Crippen molar-refractivity contribution in [1.82, 2.24) is 0 Å². The van der Waals surface area contributed by atoms with E-state index in [0.717, 1.165) is 4.90 Å². The van der Waals surface area contributed by atoms with Crippen LogP contribution in [0.15, 0.2) is 41.3 Å². The largest absolute Gasteiger partial charge is 0.486 e. The monoisotopic (exact) mass is 342 g/mol. The summed E-state index contributed by atoms with van der Waals surface area (Å²) in [6.07, 6.45) is 0. The molecule has 0 spiro atoms. The minimum absolute atomic E-state index is 0.0584. The number of carbonyl (C=O) groups excluding carboxylic acids is 2. The summed E-state index contributed by atoms with van der Waals surface area (Å²) in [6.45, 7) is 1.02. The number of carbonyl (C=O) groups is 2. The summed E-state index contributed by atoms with van der Waals surface area (Å²) in [7, 11) is 0. The summed E-state index contributed by atoms with van der Waals surface area (Å²) in [6, 6.07) is 10.6. The molecule has 2 aromatic carbocycles. The van der Waals surface area contributed by atoms with Crippen molar-refractivity contribution in [3.63, 3.8) is 0 Å². The molecule has 2 N–H and O–H groups in total. The van der Waals surface area contributed by atoms with Crippen LogP contribution in [-0.4, -0.2) is 30.8 Å². The van der Waals surface area contributed by atoms with Crippen LogP contribution >= 0.6 is 11.8 Å². The second-order valence-corrected chi connectivity index (χ2v) is 6.38. The standard InChI is InChI=1S/C17H14N2O4S/c20-16-9-24-15-4-1-10(7-12(15)19-16)17(21)18-11-2-3-13-14(8-11)23-6-5-22-13/h1-4,7-8H,5-6,9H2,(H,18,21)(H,19,20). The van der Waals surface area contributed by atoms with Crippen molar-refractivity contribution >= 4 is 35.0 Å². The molecule has 0 aromatic heterocycles. The van der Waals surface area contributed by atoms with Gasteiger partial charge in [0.05, 0.1) is 11.4 Å². The molecule has 2 aliphatic rings. The molecule has 0 atom stereocenters. The molecule has 0 radical (unpaired) electrons. The van der Waals surface area contributed by atoms with Gasteiger partial charge in [0.25, 0.3) is 5.91 Å². The maximum atomic E-state index is 12.4. The Morgan fingerprint density at radius 3 is 2.79 bits per heavy atom. The lowest BCUT2D eigenvalue weighted by atomic mass is 10.1. The highest BCUT2D eigenvalue weighted by Crippen LogP contribution is 2.34. The van der Waals surface area contributed by atoms with Gasteiger partial charge in [-0.05, 0) is 30.3 Å². The Labute approximate surface area is 142 Å². The number of amides is 2. The van der Waals surface area contributed by atoms with Crippen molar-refractivity contribution in [3.8, 4) is 11.5 Å². The Balaban J connectivity index is 1.54. The molecule has 0 aliphatic carbocycles. The van der Waals surface area contributed by atoms with Crippen LogP contribution in [-0.2, 0) is 4.79 Å². The van der Waals surface area contributed by atoms with Crippen LogP contribution in [0.4, 0.5) is 11.4 Å². The Bertz CT molecular complexity index is 837. The van der Waals surface area contributed by atoms with Gasteiger partial charge >= 0.3 is 0 Å². The molecule has 122 valence electrons. The molecule has 2 aliphatic heterocycles. The highest BCUT2D eigenvalue weighted by atomic mass is 32.2. The lowest BCUT2D eigenvalue weighted by Gasteiger charge is -2.19. The van der Waals surface area contributed by atoms with E-state index in [0.29, 0.717) is 47.4 Å². The quantitative estimate of drug-likeness (QED) is 0.878. The third kappa shape index (κ3) is 2.90. The zero-order valence-corrected chi connectivity index (χ0v) is 13.4. The van der Waals surface area contributed by atoms with Crippen molar-refractivity contribution in [2.24, 2.45) is 0 Å². The Morgan fingerprint density at radius 2 is 1.92 bits per heavy atom. The van der Waals surface area contributed by atoms with Gasteiger partial charge < -0.3 is 20.1 Å². The Hall–Kier alpha value is -2.67. The first-order chi connectivity index (χ1) is 11.7. The van der Waals surface area contributed by atoms with Gasteiger partial charge in [-0.3, -0.25) is 9.59 Å². The molecular formula is C17H14N2O4S. The van der Waals surface area contributed by atoms with E-state index in [-0.39, 0.29) is 11.8 Å². The molecule has 7 heteroatoms. The third-order valence-corrected chi connectivity index (χ3v) is 4.75. The average Bonchev–Trinajstić information content (AvgIpc) is 2.61. The first kappa shape index (κ1) is 14.9. The van der Waals surface area contributed by atoms with E-state index in [9.17, 15) is 9.59 Å². The lowest BCUT2D eigenvalue weighted by molar-refractivity contribution is -0.113. The van der Waals surface area contributed by atoms with Crippen molar-refractivity contribution < 1.29 is 19.1 Å². The minimum atomic E-state index is -0.251. The minimum Gasteiger partial charge on any atom is -0.486 e. The van der Waals surface area contributed by atoms with Gasteiger partial charge in [-0.15, -0.1) is 11.8 Å². The van der Waals surface area contributed by atoms with Crippen molar-refractivity contribution in [3.05, 3.63) is 42.0 Å². The maximum Gasteiger partial charge on any atom is 0.255 e. The fourth-order valence-electron chi connectivity index (χ4n) is 2.55. The second kappa shape index (κ2) is 6.09. The first-order valence-electron chi connectivity index (χ1n) is 7.47. The van der Waals surface area contributed by atoms with Crippen LogP contribution in [0.25, 0.3) is 0 Å². The van der Waals surface area contributed by atoms with Gasteiger partial charge in [-0.2, -0.15) is 0 Å². The number of thioether (sulfide) groups is 1. The van der Waals surface area contributed by atoms with Crippen molar-refractivity contribution in [2.75, 3.05) is 29.6 Å². The highest BCUT2D eigenvalue weighted by Gasteiger charge is 2.18. The Kier molecular flexibility index (Phi) is 3.78. The molecular weight excluding hydrogens is 328 g/mol. The summed E-state index contributed by atoms with van der Waals surface area (Å²) in [4.78, 5) is 24.9. The van der Waals surface area contributed by atoms with Gasteiger partial charge in [-0.25, -0.2) is 0 Å². The van der Waals surface area contributed by atoms with Gasteiger partial charge in [0.15, 0.2) is 11.5 Å². The summed E-state index contributed by atoms with van der Waals surface area (Å²) in [5.74, 6) is 1.38. The molecule has 0 unspecified atom stereocenters. The molecule has 2 heterocycles. The predicted molar refractivity (Wildman–Crippen MR) is 91.2 cm³/mol. The van der Waals surface area contributed by atoms with Crippen LogP contribution in [0, 0.1) is 0 Å². The van der Waals surface area contributed by atoms with Gasteiger partial charge in [0.1, 0.15) is 13.2 Å². The van der Waals surface area contributed by atoms with E-state index in [2.05, 4.69) is 10.6 Å². The molecule has 24 heavy (non-hydrogen) atoms. The highest BCUT2D eigenvalue weighted by molar-refractivity contribution is 8.00. The topological polar surface area (TPSA) is 76.7 Å². The number of benzene rings is 2. The molecule has 2 aromatic rings. The molecule has 0 saturated carbocycles. The third-order valence-electron chi connectivity index (χ3n) is 3.67. The van der Waals surface area contributed by atoms with E-state index >= 15 is 0 Å². The fraction of sp³-hybridized carbons (Fsp3) is 0.176. The number of hydrogen-bond donors (Lipinski definition) is 2. The lowest BCUT2D eigenvalue weighted by Crippen LogP contribution is -2.20. The smallest absolute Gasteiger partial charge is 0.255 e. The van der Waals surface area contributed by atoms with Gasteiger partial charge in [-0.1, -0.05) is 0 Å². The second-order valence-electron chi connectivity index (χ2n) is 5.36. The van der Waals surface area contributed by atoms with Gasteiger partial charge in [0, 0.05) is 22.2 Å².